The first-order chi connectivity index (χ1) is 16.8. The molecule has 0 radical (unpaired) electrons. The van der Waals surface area contributed by atoms with Gasteiger partial charge in [-0.15, -0.1) is 0 Å². The fourth-order valence-electron chi connectivity index (χ4n) is 3.91. The molecule has 0 unspecified atom stereocenters. The van der Waals surface area contributed by atoms with Gasteiger partial charge in [-0.3, -0.25) is 0 Å². The molecule has 0 amide bonds. The molecular formula is C30H60O4. The second-order valence-corrected chi connectivity index (χ2v) is 9.62. The number of rotatable bonds is 29. The molecule has 0 saturated heterocycles. The smallest absolute Gasteiger partial charge is 0.188 e. The molecule has 0 aliphatic heterocycles. The van der Waals surface area contributed by atoms with E-state index in [9.17, 15) is 0 Å². The normalized spacial score (nSPS) is 11.8. The molecule has 0 aliphatic rings. The van der Waals surface area contributed by atoms with Crippen LogP contribution in [0.25, 0.3) is 0 Å². The SMILES string of the molecule is CCCCCCCCOCOC=CCCC(OCCCCCCCC)OCCCCCCCC. The van der Waals surface area contributed by atoms with Crippen molar-refractivity contribution in [3.8, 4) is 0 Å². The molecule has 0 fully saturated rings. The lowest BCUT2D eigenvalue weighted by Crippen LogP contribution is -2.18. The number of allylic oxidation sites excluding steroid dienone is 1. The van der Waals surface area contributed by atoms with Crippen LogP contribution in [0.1, 0.15) is 149 Å². The van der Waals surface area contributed by atoms with Crippen molar-refractivity contribution in [3.05, 3.63) is 12.3 Å². The molecule has 204 valence electrons. The van der Waals surface area contributed by atoms with Crippen molar-refractivity contribution >= 4 is 0 Å². The standard InChI is InChI=1S/C30H60O4/c1-4-7-10-13-16-20-25-31-29-32-26-23-19-24-30(33-27-21-17-14-11-8-5-2)34-28-22-18-15-12-9-6-3/h23,26,30H,4-22,24-25,27-29H2,1-3H3. The first-order valence-corrected chi connectivity index (χ1v) is 14.9. The van der Waals surface area contributed by atoms with E-state index < -0.39 is 0 Å². The van der Waals surface area contributed by atoms with Gasteiger partial charge in [0, 0.05) is 19.6 Å². The Balaban J connectivity index is 3.85. The molecule has 0 aliphatic carbocycles. The van der Waals surface area contributed by atoms with Crippen LogP contribution in [0.5, 0.6) is 0 Å². The van der Waals surface area contributed by atoms with Gasteiger partial charge in [0.05, 0.1) is 12.9 Å². The van der Waals surface area contributed by atoms with Crippen molar-refractivity contribution in [1.82, 2.24) is 0 Å². The molecule has 4 nitrogen and oxygen atoms in total. The van der Waals surface area contributed by atoms with Crippen molar-refractivity contribution in [2.45, 2.75) is 155 Å². The van der Waals surface area contributed by atoms with Crippen LogP contribution in [-0.2, 0) is 18.9 Å². The third kappa shape index (κ3) is 27.7. The van der Waals surface area contributed by atoms with Gasteiger partial charge < -0.3 is 18.9 Å². The Hall–Kier alpha value is -0.580. The average Bonchev–Trinajstić information content (AvgIpc) is 2.85. The topological polar surface area (TPSA) is 36.9 Å². The van der Waals surface area contributed by atoms with E-state index in [1.807, 2.05) is 0 Å². The van der Waals surface area contributed by atoms with E-state index in [2.05, 4.69) is 26.8 Å². The van der Waals surface area contributed by atoms with Crippen molar-refractivity contribution in [3.63, 3.8) is 0 Å². The fraction of sp³-hybridized carbons (Fsp3) is 0.933. The molecule has 0 bridgehead atoms. The van der Waals surface area contributed by atoms with Gasteiger partial charge in [-0.1, -0.05) is 117 Å². The molecule has 0 aromatic heterocycles. The minimum atomic E-state index is -0.0973. The zero-order valence-electron chi connectivity index (χ0n) is 23.3. The molecule has 4 heteroatoms. The minimum absolute atomic E-state index is 0.0973. The molecule has 0 spiro atoms. The first kappa shape index (κ1) is 33.4. The molecule has 0 saturated carbocycles. The van der Waals surface area contributed by atoms with Crippen molar-refractivity contribution in [2.75, 3.05) is 26.6 Å². The monoisotopic (exact) mass is 484 g/mol. The predicted octanol–water partition coefficient (Wildman–Crippen LogP) is 9.71. The molecule has 34 heavy (non-hydrogen) atoms. The Morgan fingerprint density at radius 1 is 0.529 bits per heavy atom. The summed E-state index contributed by atoms with van der Waals surface area (Å²) in [5.74, 6) is 0. The van der Waals surface area contributed by atoms with E-state index in [0.717, 1.165) is 51.9 Å². The Kier molecular flexibility index (Phi) is 29.9. The lowest BCUT2D eigenvalue weighted by atomic mass is 10.1. The Morgan fingerprint density at radius 2 is 0.971 bits per heavy atom. The fourth-order valence-corrected chi connectivity index (χ4v) is 3.91. The van der Waals surface area contributed by atoms with E-state index in [1.165, 1.54) is 96.3 Å². The quantitative estimate of drug-likeness (QED) is 0.0601. The maximum absolute atomic E-state index is 6.08. The number of hydrogen-bond acceptors (Lipinski definition) is 4. The van der Waals surface area contributed by atoms with Crippen LogP contribution in [-0.4, -0.2) is 32.9 Å². The summed E-state index contributed by atoms with van der Waals surface area (Å²) in [5, 5.41) is 0. The number of ether oxygens (including phenoxy) is 4. The van der Waals surface area contributed by atoms with Crippen molar-refractivity contribution in [1.29, 1.82) is 0 Å². The Bertz CT molecular complexity index is 368. The van der Waals surface area contributed by atoms with E-state index in [-0.39, 0.29) is 6.29 Å². The third-order valence-corrected chi connectivity index (χ3v) is 6.16. The zero-order valence-corrected chi connectivity index (χ0v) is 23.3. The number of unbranched alkanes of at least 4 members (excludes halogenated alkanes) is 15. The minimum Gasteiger partial charge on any atom is -0.475 e. The lowest BCUT2D eigenvalue weighted by Gasteiger charge is -2.18. The van der Waals surface area contributed by atoms with E-state index in [0.29, 0.717) is 6.79 Å². The Labute approximate surface area is 213 Å². The Morgan fingerprint density at radius 3 is 1.47 bits per heavy atom. The summed E-state index contributed by atoms with van der Waals surface area (Å²) in [4.78, 5) is 0. The zero-order chi connectivity index (χ0) is 24.8. The van der Waals surface area contributed by atoms with E-state index in [1.54, 1.807) is 6.26 Å². The van der Waals surface area contributed by atoms with Crippen LogP contribution >= 0.6 is 0 Å². The largest absolute Gasteiger partial charge is 0.475 e. The van der Waals surface area contributed by atoms with Gasteiger partial charge in [0.15, 0.2) is 13.1 Å². The second-order valence-electron chi connectivity index (χ2n) is 9.62. The maximum atomic E-state index is 6.08. The summed E-state index contributed by atoms with van der Waals surface area (Å²) in [6, 6.07) is 0. The highest BCUT2D eigenvalue weighted by molar-refractivity contribution is 4.73. The molecule has 0 N–H and O–H groups in total. The van der Waals surface area contributed by atoms with Gasteiger partial charge in [0.2, 0.25) is 0 Å². The highest BCUT2D eigenvalue weighted by atomic mass is 16.7. The van der Waals surface area contributed by atoms with Crippen LogP contribution in [0.2, 0.25) is 0 Å². The van der Waals surface area contributed by atoms with Gasteiger partial charge in [0.1, 0.15) is 0 Å². The first-order valence-electron chi connectivity index (χ1n) is 14.9. The van der Waals surface area contributed by atoms with Crippen LogP contribution in [0.4, 0.5) is 0 Å². The molecule has 0 heterocycles. The highest BCUT2D eigenvalue weighted by Gasteiger charge is 2.08. The summed E-state index contributed by atoms with van der Waals surface area (Å²) in [5.41, 5.74) is 0. The van der Waals surface area contributed by atoms with Crippen molar-refractivity contribution in [2.24, 2.45) is 0 Å². The van der Waals surface area contributed by atoms with E-state index in [4.69, 9.17) is 18.9 Å². The molecule has 0 aromatic carbocycles. The summed E-state index contributed by atoms with van der Waals surface area (Å²) in [6.45, 7) is 9.52. The maximum Gasteiger partial charge on any atom is 0.188 e. The summed E-state index contributed by atoms with van der Waals surface area (Å²) in [7, 11) is 0. The van der Waals surface area contributed by atoms with Crippen LogP contribution < -0.4 is 0 Å². The molecule has 0 atom stereocenters. The lowest BCUT2D eigenvalue weighted by molar-refractivity contribution is -0.146. The highest BCUT2D eigenvalue weighted by Crippen LogP contribution is 2.11. The molecule has 0 rings (SSSR count). The van der Waals surface area contributed by atoms with Crippen LogP contribution in [0, 0.1) is 0 Å². The van der Waals surface area contributed by atoms with Crippen LogP contribution in [0.15, 0.2) is 12.3 Å². The second kappa shape index (κ2) is 30.5. The average molecular weight is 485 g/mol. The summed E-state index contributed by atoms with van der Waals surface area (Å²) < 4.78 is 23.2. The van der Waals surface area contributed by atoms with Gasteiger partial charge in [-0.25, -0.2) is 0 Å². The third-order valence-electron chi connectivity index (χ3n) is 6.16. The van der Waals surface area contributed by atoms with Gasteiger partial charge in [0.25, 0.3) is 0 Å². The van der Waals surface area contributed by atoms with Gasteiger partial charge >= 0.3 is 0 Å². The van der Waals surface area contributed by atoms with Crippen LogP contribution in [0.3, 0.4) is 0 Å². The summed E-state index contributed by atoms with van der Waals surface area (Å²) >= 11 is 0. The van der Waals surface area contributed by atoms with Gasteiger partial charge in [-0.05, 0) is 31.8 Å². The predicted molar refractivity (Wildman–Crippen MR) is 146 cm³/mol. The molecular weight excluding hydrogens is 424 g/mol. The summed E-state index contributed by atoms with van der Waals surface area (Å²) in [6.07, 6.45) is 28.6. The number of hydrogen-bond donors (Lipinski definition) is 0. The van der Waals surface area contributed by atoms with E-state index >= 15 is 0 Å². The molecule has 0 aromatic rings. The van der Waals surface area contributed by atoms with Gasteiger partial charge in [-0.2, -0.15) is 0 Å². The van der Waals surface area contributed by atoms with Crippen molar-refractivity contribution < 1.29 is 18.9 Å².